The molecule has 0 aliphatic carbocycles. The topological polar surface area (TPSA) is 88.5 Å². The smallest absolute Gasteiger partial charge is 0.251 e. The predicted octanol–water partition coefficient (Wildman–Crippen LogP) is 4.13. The van der Waals surface area contributed by atoms with E-state index in [0.717, 1.165) is 54.3 Å². The lowest BCUT2D eigenvalue weighted by atomic mass is 10.0. The predicted molar refractivity (Wildman–Crippen MR) is 156 cm³/mol. The lowest BCUT2D eigenvalue weighted by Crippen LogP contribution is -2.43. The first-order chi connectivity index (χ1) is 18.9. The number of nitrogens with one attached hydrogen (secondary N) is 2. The van der Waals surface area contributed by atoms with Crippen molar-refractivity contribution in [2.45, 2.75) is 38.9 Å². The Balaban J connectivity index is 1.21. The number of fused-ring (bicyclic) bond motifs is 2. The summed E-state index contributed by atoms with van der Waals surface area (Å²) in [5.74, 6) is 0.369. The van der Waals surface area contributed by atoms with E-state index in [2.05, 4.69) is 39.6 Å². The number of carbonyl (C=O) groups is 1. The number of rotatable bonds is 8. The van der Waals surface area contributed by atoms with Crippen LogP contribution in [0.25, 0.3) is 21.8 Å². The quantitative estimate of drug-likeness (QED) is 0.322. The molecule has 0 spiro atoms. The van der Waals surface area contributed by atoms with Crippen LogP contribution in [0.1, 0.15) is 34.3 Å². The average Bonchev–Trinajstić information content (AvgIpc) is 2.95. The molecule has 0 bridgehead atoms. The molecule has 2 aromatic carbocycles. The SMILES string of the molecule is CNC(=O)c1cc(=O)n(CCN2CCC(NCc3cc4cc(C)ccc4nc3Cl)CC2)c2cc(OC)ccc12. The largest absolute Gasteiger partial charge is 0.497 e. The zero-order valence-corrected chi connectivity index (χ0v) is 23.3. The van der Waals surface area contributed by atoms with Gasteiger partial charge in [0.05, 0.1) is 23.7 Å². The minimum atomic E-state index is -0.278. The third kappa shape index (κ3) is 5.93. The molecule has 1 saturated heterocycles. The maximum absolute atomic E-state index is 13.0. The van der Waals surface area contributed by atoms with Crippen LogP contribution in [0.3, 0.4) is 0 Å². The van der Waals surface area contributed by atoms with Crippen molar-refractivity contribution in [3.63, 3.8) is 0 Å². The summed E-state index contributed by atoms with van der Waals surface area (Å²) in [5, 5.41) is 8.68. The second-order valence-electron chi connectivity index (χ2n) is 10.1. The monoisotopic (exact) mass is 547 g/mol. The van der Waals surface area contributed by atoms with Gasteiger partial charge in [0.1, 0.15) is 10.9 Å². The first kappa shape index (κ1) is 27.1. The molecular weight excluding hydrogens is 514 g/mol. The summed E-state index contributed by atoms with van der Waals surface area (Å²) in [5.41, 5.74) is 4.01. The van der Waals surface area contributed by atoms with Crippen molar-refractivity contribution in [3.05, 3.63) is 80.7 Å². The number of aromatic nitrogens is 2. The average molecular weight is 548 g/mol. The highest BCUT2D eigenvalue weighted by Crippen LogP contribution is 2.24. The molecule has 204 valence electrons. The summed E-state index contributed by atoms with van der Waals surface area (Å²) in [6.45, 7) is 5.92. The van der Waals surface area contributed by atoms with Crippen LogP contribution < -0.4 is 20.9 Å². The van der Waals surface area contributed by atoms with Gasteiger partial charge in [-0.3, -0.25) is 9.59 Å². The Morgan fingerprint density at radius 2 is 1.90 bits per heavy atom. The second kappa shape index (κ2) is 11.7. The van der Waals surface area contributed by atoms with Crippen molar-refractivity contribution in [2.24, 2.45) is 0 Å². The van der Waals surface area contributed by atoms with Gasteiger partial charge in [-0.2, -0.15) is 0 Å². The third-order valence-electron chi connectivity index (χ3n) is 7.60. The van der Waals surface area contributed by atoms with E-state index in [-0.39, 0.29) is 11.5 Å². The summed E-state index contributed by atoms with van der Waals surface area (Å²) in [6.07, 6.45) is 2.02. The number of ether oxygens (including phenoxy) is 1. The third-order valence-corrected chi connectivity index (χ3v) is 7.92. The standard InChI is InChI=1S/C30H34ClN5O3/c1-19-4-7-26-20(14-19)15-21(29(31)34-26)18-33-22-8-10-35(11-9-22)12-13-36-27-16-23(39-3)5-6-24(27)25(17-28(36)37)30(38)32-2/h4-7,14-17,22,33H,8-13,18H2,1-3H3,(H,32,38). The number of benzene rings is 2. The number of hydrogen-bond donors (Lipinski definition) is 2. The molecule has 3 heterocycles. The van der Waals surface area contributed by atoms with Crippen LogP contribution in [0.2, 0.25) is 5.15 Å². The molecule has 0 atom stereocenters. The molecule has 0 saturated carbocycles. The van der Waals surface area contributed by atoms with E-state index >= 15 is 0 Å². The van der Waals surface area contributed by atoms with Gasteiger partial charge >= 0.3 is 0 Å². The highest BCUT2D eigenvalue weighted by atomic mass is 35.5. The van der Waals surface area contributed by atoms with Gasteiger partial charge in [0.15, 0.2) is 0 Å². The number of likely N-dealkylation sites (tertiary alicyclic amines) is 1. The molecule has 4 aromatic rings. The molecule has 5 rings (SSSR count). The molecule has 39 heavy (non-hydrogen) atoms. The Kier molecular flexibility index (Phi) is 8.16. The molecule has 1 aliphatic heterocycles. The Morgan fingerprint density at radius 1 is 1.10 bits per heavy atom. The van der Waals surface area contributed by atoms with Crippen molar-refractivity contribution < 1.29 is 9.53 Å². The van der Waals surface area contributed by atoms with Gasteiger partial charge < -0.3 is 24.8 Å². The molecule has 8 nitrogen and oxygen atoms in total. The summed E-state index contributed by atoms with van der Waals surface area (Å²) < 4.78 is 7.13. The van der Waals surface area contributed by atoms with Crippen molar-refractivity contribution in [2.75, 3.05) is 33.8 Å². The van der Waals surface area contributed by atoms with Crippen molar-refractivity contribution in [1.29, 1.82) is 0 Å². The lowest BCUT2D eigenvalue weighted by molar-refractivity contribution is 0.0964. The van der Waals surface area contributed by atoms with Crippen LogP contribution in [0.5, 0.6) is 5.75 Å². The first-order valence-corrected chi connectivity index (χ1v) is 13.7. The van der Waals surface area contributed by atoms with Crippen LogP contribution in [0.15, 0.2) is 53.3 Å². The van der Waals surface area contributed by atoms with E-state index in [1.807, 2.05) is 30.3 Å². The van der Waals surface area contributed by atoms with Crippen LogP contribution in [0.4, 0.5) is 0 Å². The van der Waals surface area contributed by atoms with Crippen LogP contribution >= 0.6 is 11.6 Å². The van der Waals surface area contributed by atoms with Crippen molar-refractivity contribution in [1.82, 2.24) is 25.1 Å². The van der Waals surface area contributed by atoms with E-state index < -0.39 is 0 Å². The lowest BCUT2D eigenvalue weighted by Gasteiger charge is -2.32. The van der Waals surface area contributed by atoms with Gasteiger partial charge in [-0.05, 0) is 63.2 Å². The fourth-order valence-electron chi connectivity index (χ4n) is 5.34. The van der Waals surface area contributed by atoms with Gasteiger partial charge in [-0.25, -0.2) is 4.98 Å². The van der Waals surface area contributed by atoms with Gasteiger partial charge in [0, 0.05) is 61.2 Å². The number of piperidine rings is 1. The number of nitrogens with zero attached hydrogens (tertiary/aromatic N) is 3. The molecule has 2 N–H and O–H groups in total. The number of carbonyl (C=O) groups excluding carboxylic acids is 1. The zero-order valence-electron chi connectivity index (χ0n) is 22.6. The summed E-state index contributed by atoms with van der Waals surface area (Å²) in [4.78, 5) is 32.4. The van der Waals surface area contributed by atoms with Crippen LogP contribution in [-0.4, -0.2) is 60.2 Å². The van der Waals surface area contributed by atoms with E-state index in [9.17, 15) is 9.59 Å². The van der Waals surface area contributed by atoms with Crippen LogP contribution in [-0.2, 0) is 13.1 Å². The second-order valence-corrected chi connectivity index (χ2v) is 10.5. The molecule has 0 unspecified atom stereocenters. The van der Waals surface area contributed by atoms with Crippen molar-refractivity contribution in [3.8, 4) is 5.75 Å². The molecule has 1 fully saturated rings. The Hall–Kier alpha value is -3.46. The maximum Gasteiger partial charge on any atom is 0.251 e. The molecule has 1 aliphatic rings. The zero-order chi connectivity index (χ0) is 27.5. The first-order valence-electron chi connectivity index (χ1n) is 13.3. The van der Waals surface area contributed by atoms with Gasteiger partial charge in [0.25, 0.3) is 11.5 Å². The van der Waals surface area contributed by atoms with E-state index in [0.29, 0.717) is 41.1 Å². The molecule has 2 aromatic heterocycles. The van der Waals surface area contributed by atoms with Crippen molar-refractivity contribution >= 4 is 39.3 Å². The number of pyridine rings is 2. The maximum atomic E-state index is 13.0. The molecule has 0 radical (unpaired) electrons. The summed E-state index contributed by atoms with van der Waals surface area (Å²) in [7, 11) is 3.16. The molecular formula is C30H34ClN5O3. The normalized spacial score (nSPS) is 14.7. The Bertz CT molecular complexity index is 1580. The summed E-state index contributed by atoms with van der Waals surface area (Å²) >= 11 is 6.47. The number of methoxy groups -OCH3 is 1. The van der Waals surface area contributed by atoms with E-state index in [4.69, 9.17) is 16.3 Å². The minimum absolute atomic E-state index is 0.193. The fraction of sp³-hybridized carbons (Fsp3) is 0.367. The number of halogens is 1. The fourth-order valence-corrected chi connectivity index (χ4v) is 5.55. The van der Waals surface area contributed by atoms with Gasteiger partial charge in [0.2, 0.25) is 0 Å². The number of aryl methyl sites for hydroxylation is 1. The van der Waals surface area contributed by atoms with Gasteiger partial charge in [-0.15, -0.1) is 0 Å². The molecule has 1 amide bonds. The highest BCUT2D eigenvalue weighted by molar-refractivity contribution is 6.30. The molecule has 9 heteroatoms. The van der Waals surface area contributed by atoms with Gasteiger partial charge in [-0.1, -0.05) is 23.2 Å². The number of hydrogen-bond acceptors (Lipinski definition) is 6. The highest BCUT2D eigenvalue weighted by Gasteiger charge is 2.20. The summed E-state index contributed by atoms with van der Waals surface area (Å²) in [6, 6.07) is 15.6. The number of amides is 1. The van der Waals surface area contributed by atoms with Crippen LogP contribution in [0, 0.1) is 6.92 Å². The Labute approximate surface area is 232 Å². The Morgan fingerprint density at radius 3 is 2.64 bits per heavy atom. The minimum Gasteiger partial charge on any atom is -0.497 e. The van der Waals surface area contributed by atoms with E-state index in [1.54, 1.807) is 18.7 Å². The van der Waals surface area contributed by atoms with E-state index in [1.165, 1.54) is 11.6 Å².